The number of nitrogens with zero attached hydrogens (tertiary/aromatic N) is 4. The number of aliphatic hydroxyl groups excluding tert-OH is 1. The van der Waals surface area contributed by atoms with Gasteiger partial charge in [-0.05, 0) is 101 Å². The maximum atomic E-state index is 14.1. The maximum Gasteiger partial charge on any atom is 0.256 e. The van der Waals surface area contributed by atoms with E-state index in [1.165, 1.54) is 18.4 Å². The third-order valence-electron chi connectivity index (χ3n) is 14.6. The smallest absolute Gasteiger partial charge is 0.256 e. The Morgan fingerprint density at radius 1 is 0.917 bits per heavy atom. The van der Waals surface area contributed by atoms with Crippen molar-refractivity contribution in [2.45, 2.75) is 150 Å². The summed E-state index contributed by atoms with van der Waals surface area (Å²) in [6.45, 7) is 16.0. The number of pyridine rings is 1. The molecule has 3 unspecified atom stereocenters. The third kappa shape index (κ3) is 13.6. The Morgan fingerprint density at radius 3 is 2.29 bits per heavy atom. The molecule has 16 heteroatoms. The van der Waals surface area contributed by atoms with Gasteiger partial charge < -0.3 is 45.1 Å². The van der Waals surface area contributed by atoms with Gasteiger partial charge in [-0.2, -0.15) is 0 Å². The topological polar surface area (TPSA) is 191 Å². The second-order valence-electron chi connectivity index (χ2n) is 21.1. The summed E-state index contributed by atoms with van der Waals surface area (Å²) in [5.41, 5.74) is 7.62. The van der Waals surface area contributed by atoms with Gasteiger partial charge in [-0.15, -0.1) is 11.3 Å². The number of carbonyl (C=O) groups excluding carboxylic acids is 4. The number of benzene rings is 2. The lowest BCUT2D eigenvalue weighted by atomic mass is 9.85. The molecule has 2 aliphatic rings. The highest BCUT2D eigenvalue weighted by molar-refractivity contribution is 7.13. The van der Waals surface area contributed by atoms with E-state index in [0.717, 1.165) is 116 Å². The zero-order valence-corrected chi connectivity index (χ0v) is 44.2. The molecule has 2 fully saturated rings. The SMILES string of the molecule is COc1cc(C)[nH]c(=O)c1CNC(=O)c1c(C)n(CC2CCN(CCCCCCCCCC(=O)NC(C(=O)N3CC(O)CC3C(=O)NCc3ccc(-c4scnc4C)cc3)C(C)(C)C)CC2)c2ccccc12. The standard InChI is InChI=1S/C56H76N8O7S/c1-36-29-47(71-7)44(52(67)60-36)32-58-54(69)49-38(3)63(45-18-15-14-17-43(45)49)33-40-24-27-62(28-25-40)26-16-12-10-8-9-11-13-19-48(66)61-51(56(4,5)6)55(70)64-34-42(65)30-46(64)53(68)57-31-39-20-22-41(23-21-39)50-37(2)59-35-72-50/h14-15,17-18,20-23,29,35,40,42,46,51,65H,8-13,16,19,24-28,30-34H2,1-7H3,(H,57,68)(H,58,69)(H,60,67)(H,61,66). The number of hydrogen-bond donors (Lipinski definition) is 5. The first-order valence-corrected chi connectivity index (χ1v) is 26.8. The Bertz CT molecular complexity index is 2710. The van der Waals surface area contributed by atoms with Crippen LogP contribution in [0.5, 0.6) is 5.75 Å². The fourth-order valence-electron chi connectivity index (χ4n) is 10.4. The average molecular weight is 1010 g/mol. The lowest BCUT2D eigenvalue weighted by molar-refractivity contribution is -0.144. The van der Waals surface area contributed by atoms with Crippen LogP contribution in [0.25, 0.3) is 21.3 Å². The predicted molar refractivity (Wildman–Crippen MR) is 284 cm³/mol. The molecular formula is C56H76N8O7S. The Labute approximate surface area is 428 Å². The van der Waals surface area contributed by atoms with Crippen molar-refractivity contribution in [1.29, 1.82) is 0 Å². The number of aromatic amines is 1. The van der Waals surface area contributed by atoms with Crippen LogP contribution in [0.2, 0.25) is 0 Å². The largest absolute Gasteiger partial charge is 0.496 e. The van der Waals surface area contributed by atoms with Gasteiger partial charge in [-0.1, -0.05) is 95.3 Å². The highest BCUT2D eigenvalue weighted by atomic mass is 32.1. The Kier molecular flexibility index (Phi) is 18.5. The van der Waals surface area contributed by atoms with Gasteiger partial charge in [-0.25, -0.2) is 4.98 Å². The fourth-order valence-corrected chi connectivity index (χ4v) is 11.2. The van der Waals surface area contributed by atoms with Crippen LogP contribution in [0.4, 0.5) is 0 Å². The zero-order chi connectivity index (χ0) is 51.5. The molecule has 388 valence electrons. The van der Waals surface area contributed by atoms with Crippen LogP contribution in [0, 0.1) is 32.1 Å². The molecule has 7 rings (SSSR count). The third-order valence-corrected chi connectivity index (χ3v) is 15.5. The second kappa shape index (κ2) is 24.7. The summed E-state index contributed by atoms with van der Waals surface area (Å²) >= 11 is 1.59. The number of rotatable bonds is 22. The number of unbranched alkanes of at least 4 members (excludes halogenated alkanes) is 6. The van der Waals surface area contributed by atoms with E-state index in [0.29, 0.717) is 34.9 Å². The molecule has 5 N–H and O–H groups in total. The van der Waals surface area contributed by atoms with E-state index in [1.54, 1.807) is 24.3 Å². The number of aromatic nitrogens is 3. The van der Waals surface area contributed by atoms with Gasteiger partial charge in [0.05, 0.1) is 47.0 Å². The number of nitrogens with one attached hydrogen (secondary N) is 4. The first-order valence-electron chi connectivity index (χ1n) is 25.9. The number of likely N-dealkylation sites (tertiary alicyclic amines) is 2. The van der Waals surface area contributed by atoms with E-state index in [2.05, 4.69) is 41.5 Å². The van der Waals surface area contributed by atoms with E-state index in [4.69, 9.17) is 4.74 Å². The summed E-state index contributed by atoms with van der Waals surface area (Å²) in [6.07, 6.45) is 9.19. The van der Waals surface area contributed by atoms with Crippen LogP contribution in [0.3, 0.4) is 0 Å². The van der Waals surface area contributed by atoms with Crippen LogP contribution in [-0.4, -0.2) is 105 Å². The molecule has 2 saturated heterocycles. The van der Waals surface area contributed by atoms with Crippen LogP contribution >= 0.6 is 11.3 Å². The fraction of sp³-hybridized carbons (Fsp3) is 0.536. The molecular weight excluding hydrogens is 929 g/mol. The number of aliphatic hydroxyl groups is 1. The number of hydrogen-bond acceptors (Lipinski definition) is 10. The molecule has 0 aliphatic carbocycles. The molecule has 72 heavy (non-hydrogen) atoms. The molecule has 5 heterocycles. The van der Waals surface area contributed by atoms with Crippen molar-refractivity contribution < 1.29 is 29.0 Å². The molecule has 0 spiro atoms. The van der Waals surface area contributed by atoms with E-state index in [1.807, 2.05) is 82.6 Å². The van der Waals surface area contributed by atoms with Crippen molar-refractivity contribution in [3.05, 3.63) is 104 Å². The number of carbonyl (C=O) groups is 4. The normalized spacial score (nSPS) is 17.0. The van der Waals surface area contributed by atoms with Crippen molar-refractivity contribution in [2.75, 3.05) is 33.3 Å². The first kappa shape index (κ1) is 53.9. The molecule has 2 aromatic carbocycles. The minimum Gasteiger partial charge on any atom is -0.496 e. The molecule has 5 aromatic rings. The second-order valence-corrected chi connectivity index (χ2v) is 21.9. The molecule has 4 amide bonds. The predicted octanol–water partition coefficient (Wildman–Crippen LogP) is 7.96. The van der Waals surface area contributed by atoms with Crippen LogP contribution < -0.4 is 26.2 Å². The molecule has 3 atom stereocenters. The number of aryl methyl sites for hydroxylation is 2. The highest BCUT2D eigenvalue weighted by Gasteiger charge is 2.44. The van der Waals surface area contributed by atoms with Gasteiger partial charge in [0.15, 0.2) is 0 Å². The van der Waals surface area contributed by atoms with E-state index < -0.39 is 23.6 Å². The molecule has 2 aliphatic heterocycles. The molecule has 0 radical (unpaired) electrons. The maximum absolute atomic E-state index is 14.1. The van der Waals surface area contributed by atoms with Gasteiger partial charge in [0.1, 0.15) is 17.8 Å². The van der Waals surface area contributed by atoms with E-state index >= 15 is 0 Å². The molecule has 3 aromatic heterocycles. The van der Waals surface area contributed by atoms with Crippen molar-refractivity contribution in [3.63, 3.8) is 0 Å². The quantitative estimate of drug-likeness (QED) is 0.0429. The molecule has 15 nitrogen and oxygen atoms in total. The van der Waals surface area contributed by atoms with Gasteiger partial charge in [0, 0.05) is 54.8 Å². The first-order chi connectivity index (χ1) is 34.5. The number of ether oxygens (including phenoxy) is 1. The molecule has 0 bridgehead atoms. The number of piperidine rings is 1. The van der Waals surface area contributed by atoms with Crippen molar-refractivity contribution in [1.82, 2.24) is 40.3 Å². The number of H-pyrrole nitrogens is 1. The number of fused-ring (bicyclic) bond motifs is 1. The Morgan fingerprint density at radius 2 is 1.61 bits per heavy atom. The van der Waals surface area contributed by atoms with E-state index in [-0.39, 0.29) is 55.2 Å². The number of amides is 4. The molecule has 0 saturated carbocycles. The number of methoxy groups -OCH3 is 1. The van der Waals surface area contributed by atoms with Crippen molar-refractivity contribution in [2.24, 2.45) is 11.3 Å². The van der Waals surface area contributed by atoms with Crippen molar-refractivity contribution >= 4 is 45.9 Å². The number of thiazole rings is 1. The van der Waals surface area contributed by atoms with Crippen LogP contribution in [0.1, 0.15) is 130 Å². The number of β-amino-alcohol motifs (C(OH)–C–C–N with tert-alkyl or cyclic N) is 1. The lowest BCUT2D eigenvalue weighted by Crippen LogP contribution is -2.57. The summed E-state index contributed by atoms with van der Waals surface area (Å²) in [6, 6.07) is 16.1. The Hall–Kier alpha value is -5.84. The average Bonchev–Trinajstić information content (AvgIpc) is 4.05. The zero-order valence-electron chi connectivity index (χ0n) is 43.4. The van der Waals surface area contributed by atoms with Crippen LogP contribution in [-0.2, 0) is 34.0 Å². The van der Waals surface area contributed by atoms with E-state index in [9.17, 15) is 29.1 Å². The summed E-state index contributed by atoms with van der Waals surface area (Å²) in [5.74, 6) is -0.0969. The minimum absolute atomic E-state index is 0.0400. The van der Waals surface area contributed by atoms with Gasteiger partial charge >= 0.3 is 0 Å². The highest BCUT2D eigenvalue weighted by Crippen LogP contribution is 2.31. The monoisotopic (exact) mass is 1000 g/mol. The summed E-state index contributed by atoms with van der Waals surface area (Å²) in [4.78, 5) is 79.4. The van der Waals surface area contributed by atoms with Crippen molar-refractivity contribution in [3.8, 4) is 16.2 Å². The minimum atomic E-state index is -0.840. The Balaban J connectivity index is 0.777. The number of para-hydroxylation sites is 1. The summed E-state index contributed by atoms with van der Waals surface area (Å²) < 4.78 is 7.74. The van der Waals surface area contributed by atoms with Gasteiger partial charge in [0.2, 0.25) is 17.7 Å². The lowest BCUT2D eigenvalue weighted by Gasteiger charge is -2.35. The summed E-state index contributed by atoms with van der Waals surface area (Å²) in [5, 5.41) is 20.5. The van der Waals surface area contributed by atoms with Gasteiger partial charge in [0.25, 0.3) is 11.5 Å². The summed E-state index contributed by atoms with van der Waals surface area (Å²) in [7, 11) is 1.52. The van der Waals surface area contributed by atoms with Gasteiger partial charge in [-0.3, -0.25) is 24.0 Å². The van der Waals surface area contributed by atoms with Crippen LogP contribution in [0.15, 0.2) is 64.9 Å².